The Morgan fingerprint density at radius 3 is 2.00 bits per heavy atom. The number of rotatable bonds is 5. The van der Waals surface area contributed by atoms with Crippen LogP contribution < -0.4 is 5.73 Å². The molecule has 0 aliphatic heterocycles. The van der Waals surface area contributed by atoms with Gasteiger partial charge in [0.1, 0.15) is 0 Å². The third-order valence-corrected chi connectivity index (χ3v) is 4.54. The second kappa shape index (κ2) is 5.23. The van der Waals surface area contributed by atoms with Crippen molar-refractivity contribution in [2.45, 2.75) is 43.8 Å². The van der Waals surface area contributed by atoms with Gasteiger partial charge < -0.3 is 15.2 Å². The topological polar surface area (TPSA) is 44.5 Å². The highest BCUT2D eigenvalue weighted by molar-refractivity contribution is 5.34. The largest absolute Gasteiger partial charge is 0.353 e. The van der Waals surface area contributed by atoms with Crippen molar-refractivity contribution in [1.82, 2.24) is 0 Å². The van der Waals surface area contributed by atoms with Crippen LogP contribution in [0.1, 0.15) is 43.7 Å². The van der Waals surface area contributed by atoms with Crippen LogP contribution >= 0.6 is 0 Å². The Bertz CT molecular complexity index is 413. The van der Waals surface area contributed by atoms with E-state index in [9.17, 15) is 0 Å². The number of hydrogen-bond acceptors (Lipinski definition) is 3. The molecule has 106 valence electrons. The van der Waals surface area contributed by atoms with Gasteiger partial charge in [0.25, 0.3) is 0 Å². The molecule has 0 saturated heterocycles. The molecule has 1 aliphatic rings. The van der Waals surface area contributed by atoms with E-state index < -0.39 is 5.79 Å². The summed E-state index contributed by atoms with van der Waals surface area (Å²) in [5.41, 5.74) is 8.68. The molecule has 0 spiro atoms. The Morgan fingerprint density at radius 2 is 1.63 bits per heavy atom. The van der Waals surface area contributed by atoms with Crippen LogP contribution in [0.2, 0.25) is 0 Å². The van der Waals surface area contributed by atoms with E-state index in [0.717, 1.165) is 12.8 Å². The Morgan fingerprint density at radius 1 is 1.11 bits per heavy atom. The zero-order valence-electron chi connectivity index (χ0n) is 12.4. The normalized spacial score (nSPS) is 20.3. The van der Waals surface area contributed by atoms with E-state index in [1.165, 1.54) is 11.1 Å². The van der Waals surface area contributed by atoms with E-state index in [4.69, 9.17) is 15.2 Å². The zero-order valence-corrected chi connectivity index (χ0v) is 12.4. The summed E-state index contributed by atoms with van der Waals surface area (Å²) in [5.74, 6) is 0.108. The molecule has 1 aromatic rings. The van der Waals surface area contributed by atoms with Crippen molar-refractivity contribution in [3.05, 3.63) is 35.4 Å². The molecule has 0 unspecified atom stereocenters. The quantitative estimate of drug-likeness (QED) is 0.831. The molecule has 0 amide bonds. The number of methoxy groups -OCH3 is 2. The van der Waals surface area contributed by atoms with Gasteiger partial charge in [-0.15, -0.1) is 0 Å². The predicted octanol–water partition coefficient (Wildman–Crippen LogP) is 2.79. The first-order valence-corrected chi connectivity index (χ1v) is 6.92. The third-order valence-electron chi connectivity index (χ3n) is 4.54. The zero-order chi connectivity index (χ0) is 14.1. The highest BCUT2D eigenvalue weighted by Gasteiger charge is 2.55. The number of ether oxygens (including phenoxy) is 2. The maximum Gasteiger partial charge on any atom is 0.169 e. The minimum atomic E-state index is -0.448. The monoisotopic (exact) mass is 263 g/mol. The Labute approximate surface area is 116 Å². The maximum absolute atomic E-state index is 6.02. The summed E-state index contributed by atoms with van der Waals surface area (Å²) < 4.78 is 11.0. The average molecular weight is 263 g/mol. The van der Waals surface area contributed by atoms with Gasteiger partial charge in [-0.3, -0.25) is 0 Å². The Hall–Kier alpha value is -0.900. The fourth-order valence-electron chi connectivity index (χ4n) is 3.04. The van der Waals surface area contributed by atoms with E-state index in [0.29, 0.717) is 12.5 Å². The van der Waals surface area contributed by atoms with Crippen LogP contribution in [-0.4, -0.2) is 26.6 Å². The SMILES string of the molecule is COC1(OC)CC(CN)(c2ccc(C(C)C)cc2)C1. The standard InChI is InChI=1S/C16H25NO2/c1-12(2)13-5-7-14(8-6-13)15(11-17)9-16(10-15,18-3)19-4/h5-8,12H,9-11,17H2,1-4H3. The first-order chi connectivity index (χ1) is 9.01. The van der Waals surface area contributed by atoms with Gasteiger partial charge in [0.2, 0.25) is 0 Å². The molecule has 0 heterocycles. The Balaban J connectivity index is 2.20. The molecule has 0 atom stereocenters. The molecule has 1 aliphatic carbocycles. The lowest BCUT2D eigenvalue weighted by Gasteiger charge is -2.54. The van der Waals surface area contributed by atoms with E-state index in [1.807, 2.05) is 0 Å². The van der Waals surface area contributed by atoms with Crippen molar-refractivity contribution < 1.29 is 9.47 Å². The number of nitrogens with two attached hydrogens (primary N) is 1. The summed E-state index contributed by atoms with van der Waals surface area (Å²) in [6, 6.07) is 8.82. The molecular formula is C16H25NO2. The molecule has 0 aromatic heterocycles. The van der Waals surface area contributed by atoms with Crippen molar-refractivity contribution in [1.29, 1.82) is 0 Å². The van der Waals surface area contributed by atoms with E-state index >= 15 is 0 Å². The van der Waals surface area contributed by atoms with Gasteiger partial charge in [-0.2, -0.15) is 0 Å². The summed E-state index contributed by atoms with van der Waals surface area (Å²) in [6.45, 7) is 5.04. The molecule has 3 nitrogen and oxygen atoms in total. The molecular weight excluding hydrogens is 238 g/mol. The van der Waals surface area contributed by atoms with Crippen molar-refractivity contribution in [2.24, 2.45) is 5.73 Å². The average Bonchev–Trinajstić information content (AvgIpc) is 2.40. The second-order valence-corrected chi connectivity index (χ2v) is 5.93. The van der Waals surface area contributed by atoms with E-state index in [2.05, 4.69) is 38.1 Å². The molecule has 0 bridgehead atoms. The molecule has 1 fully saturated rings. The van der Waals surface area contributed by atoms with Crippen LogP contribution in [-0.2, 0) is 14.9 Å². The predicted molar refractivity (Wildman–Crippen MR) is 77.2 cm³/mol. The van der Waals surface area contributed by atoms with Gasteiger partial charge in [-0.25, -0.2) is 0 Å². The van der Waals surface area contributed by atoms with Gasteiger partial charge in [0.15, 0.2) is 5.79 Å². The van der Waals surface area contributed by atoms with Crippen LogP contribution in [0.4, 0.5) is 0 Å². The minimum absolute atomic E-state index is 0.00152. The summed E-state index contributed by atoms with van der Waals surface area (Å²) in [5, 5.41) is 0. The molecule has 2 rings (SSSR count). The Kier molecular flexibility index (Phi) is 4.00. The molecule has 0 radical (unpaired) electrons. The molecule has 1 aromatic carbocycles. The van der Waals surface area contributed by atoms with Gasteiger partial charge in [0, 0.05) is 39.0 Å². The summed E-state index contributed by atoms with van der Waals surface area (Å²) in [6.07, 6.45) is 1.65. The van der Waals surface area contributed by atoms with Crippen LogP contribution in [0.25, 0.3) is 0 Å². The molecule has 1 saturated carbocycles. The number of hydrogen-bond donors (Lipinski definition) is 1. The third kappa shape index (κ3) is 2.42. The highest BCUT2D eigenvalue weighted by Crippen LogP contribution is 2.51. The first kappa shape index (κ1) is 14.5. The van der Waals surface area contributed by atoms with Crippen LogP contribution in [0.5, 0.6) is 0 Å². The van der Waals surface area contributed by atoms with E-state index in [1.54, 1.807) is 14.2 Å². The minimum Gasteiger partial charge on any atom is -0.353 e. The number of benzene rings is 1. The van der Waals surface area contributed by atoms with Crippen molar-refractivity contribution >= 4 is 0 Å². The smallest absolute Gasteiger partial charge is 0.169 e. The molecule has 3 heteroatoms. The van der Waals surface area contributed by atoms with Crippen LogP contribution in [0, 0.1) is 0 Å². The highest BCUT2D eigenvalue weighted by atomic mass is 16.7. The molecule has 19 heavy (non-hydrogen) atoms. The van der Waals surface area contributed by atoms with Crippen LogP contribution in [0.3, 0.4) is 0 Å². The van der Waals surface area contributed by atoms with Crippen molar-refractivity contribution in [3.8, 4) is 0 Å². The van der Waals surface area contributed by atoms with Gasteiger partial charge in [-0.1, -0.05) is 38.1 Å². The summed E-state index contributed by atoms with van der Waals surface area (Å²) in [4.78, 5) is 0. The van der Waals surface area contributed by atoms with Gasteiger partial charge in [0.05, 0.1) is 0 Å². The fraction of sp³-hybridized carbons (Fsp3) is 0.625. The lowest BCUT2D eigenvalue weighted by atomic mass is 9.60. The van der Waals surface area contributed by atoms with Crippen LogP contribution in [0.15, 0.2) is 24.3 Å². The van der Waals surface area contributed by atoms with Gasteiger partial charge in [-0.05, 0) is 17.0 Å². The van der Waals surface area contributed by atoms with Crippen molar-refractivity contribution in [3.63, 3.8) is 0 Å². The first-order valence-electron chi connectivity index (χ1n) is 6.92. The maximum atomic E-state index is 6.02. The lowest BCUT2D eigenvalue weighted by Crippen LogP contribution is -2.60. The van der Waals surface area contributed by atoms with Gasteiger partial charge >= 0.3 is 0 Å². The summed E-state index contributed by atoms with van der Waals surface area (Å²) in [7, 11) is 3.40. The fourth-order valence-corrected chi connectivity index (χ4v) is 3.04. The molecule has 2 N–H and O–H groups in total. The summed E-state index contributed by atoms with van der Waals surface area (Å²) >= 11 is 0. The lowest BCUT2D eigenvalue weighted by molar-refractivity contribution is -0.277. The van der Waals surface area contributed by atoms with E-state index in [-0.39, 0.29) is 5.41 Å². The van der Waals surface area contributed by atoms with Crippen molar-refractivity contribution in [2.75, 3.05) is 20.8 Å². The second-order valence-electron chi connectivity index (χ2n) is 5.93.